The van der Waals surface area contributed by atoms with Crippen molar-refractivity contribution in [3.8, 4) is 0 Å². The fourth-order valence-electron chi connectivity index (χ4n) is 2.58. The average molecular weight is 213 g/mol. The molecule has 1 N–H and O–H groups in total. The van der Waals surface area contributed by atoms with Gasteiger partial charge in [0.25, 0.3) is 0 Å². The molecule has 0 aliphatic carbocycles. The predicted octanol–water partition coefficient (Wildman–Crippen LogP) is 0.707. The summed E-state index contributed by atoms with van der Waals surface area (Å²) in [5.41, 5.74) is 0. The lowest BCUT2D eigenvalue weighted by molar-refractivity contribution is -0.145. The standard InChI is InChI=1S/C11H19NO3/c1-2-15-11(13)5-8-3-9-6-14-7-10(4-8)12-9/h8-10,12H,2-7H2,1H3. The van der Waals surface area contributed by atoms with E-state index in [0.717, 1.165) is 26.1 Å². The quantitative estimate of drug-likeness (QED) is 0.701. The second-order valence-corrected chi connectivity index (χ2v) is 4.44. The number of rotatable bonds is 3. The lowest BCUT2D eigenvalue weighted by Gasteiger charge is -2.39. The molecule has 0 amide bonds. The molecule has 2 fully saturated rings. The molecule has 2 aliphatic heterocycles. The van der Waals surface area contributed by atoms with E-state index in [0.29, 0.717) is 31.0 Å². The Morgan fingerprint density at radius 2 is 2.07 bits per heavy atom. The highest BCUT2D eigenvalue weighted by Gasteiger charge is 2.32. The molecule has 86 valence electrons. The fraction of sp³-hybridized carbons (Fsp3) is 0.909. The molecular weight excluding hydrogens is 194 g/mol. The summed E-state index contributed by atoms with van der Waals surface area (Å²) >= 11 is 0. The number of esters is 1. The van der Waals surface area contributed by atoms with Gasteiger partial charge in [-0.05, 0) is 25.7 Å². The Morgan fingerprint density at radius 1 is 1.40 bits per heavy atom. The van der Waals surface area contributed by atoms with Gasteiger partial charge in [0, 0.05) is 18.5 Å². The maximum absolute atomic E-state index is 11.4. The molecule has 0 radical (unpaired) electrons. The molecule has 0 aromatic carbocycles. The van der Waals surface area contributed by atoms with Gasteiger partial charge in [-0.2, -0.15) is 0 Å². The molecule has 2 atom stereocenters. The van der Waals surface area contributed by atoms with Gasteiger partial charge >= 0.3 is 5.97 Å². The van der Waals surface area contributed by atoms with Crippen molar-refractivity contribution < 1.29 is 14.3 Å². The highest BCUT2D eigenvalue weighted by atomic mass is 16.5. The van der Waals surface area contributed by atoms with E-state index in [2.05, 4.69) is 5.32 Å². The molecule has 4 nitrogen and oxygen atoms in total. The van der Waals surface area contributed by atoms with Crippen LogP contribution in [-0.2, 0) is 14.3 Å². The van der Waals surface area contributed by atoms with Crippen LogP contribution >= 0.6 is 0 Å². The van der Waals surface area contributed by atoms with Crippen LogP contribution in [0.15, 0.2) is 0 Å². The minimum Gasteiger partial charge on any atom is -0.466 e. The van der Waals surface area contributed by atoms with Gasteiger partial charge in [-0.3, -0.25) is 4.79 Å². The molecule has 2 unspecified atom stereocenters. The Hall–Kier alpha value is -0.610. The average Bonchev–Trinajstić information content (AvgIpc) is 2.17. The van der Waals surface area contributed by atoms with E-state index in [4.69, 9.17) is 9.47 Å². The second-order valence-electron chi connectivity index (χ2n) is 4.44. The Morgan fingerprint density at radius 3 is 2.67 bits per heavy atom. The summed E-state index contributed by atoms with van der Waals surface area (Å²) in [7, 11) is 0. The summed E-state index contributed by atoms with van der Waals surface area (Å²) in [5, 5.41) is 3.51. The van der Waals surface area contributed by atoms with Crippen molar-refractivity contribution in [2.75, 3.05) is 19.8 Å². The zero-order chi connectivity index (χ0) is 10.7. The highest BCUT2D eigenvalue weighted by Crippen LogP contribution is 2.26. The number of hydrogen-bond donors (Lipinski definition) is 1. The zero-order valence-electron chi connectivity index (χ0n) is 9.20. The number of ether oxygens (including phenoxy) is 2. The lowest BCUT2D eigenvalue weighted by Crippen LogP contribution is -2.54. The van der Waals surface area contributed by atoms with Gasteiger partial charge in [-0.15, -0.1) is 0 Å². The van der Waals surface area contributed by atoms with Crippen molar-refractivity contribution in [3.05, 3.63) is 0 Å². The Balaban J connectivity index is 1.81. The van der Waals surface area contributed by atoms with Gasteiger partial charge in [0.1, 0.15) is 0 Å². The second kappa shape index (κ2) is 4.94. The molecule has 4 heteroatoms. The maximum atomic E-state index is 11.4. The Labute approximate surface area is 90.3 Å². The molecule has 2 aliphatic rings. The molecular formula is C11H19NO3. The van der Waals surface area contributed by atoms with Crippen LogP contribution in [0.2, 0.25) is 0 Å². The summed E-state index contributed by atoms with van der Waals surface area (Å²) in [5.74, 6) is 0.424. The van der Waals surface area contributed by atoms with Gasteiger partial charge in [0.05, 0.1) is 19.8 Å². The maximum Gasteiger partial charge on any atom is 0.306 e. The van der Waals surface area contributed by atoms with Gasteiger partial charge < -0.3 is 14.8 Å². The number of piperidine rings is 1. The third-order valence-corrected chi connectivity index (χ3v) is 3.11. The molecule has 0 aromatic heterocycles. The molecule has 2 bridgehead atoms. The monoisotopic (exact) mass is 213 g/mol. The third-order valence-electron chi connectivity index (χ3n) is 3.11. The Bertz CT molecular complexity index is 220. The van der Waals surface area contributed by atoms with Crippen molar-refractivity contribution in [1.82, 2.24) is 5.32 Å². The minimum absolute atomic E-state index is 0.0524. The van der Waals surface area contributed by atoms with E-state index in [-0.39, 0.29) is 5.97 Å². The van der Waals surface area contributed by atoms with Crippen LogP contribution in [0.25, 0.3) is 0 Å². The molecule has 2 rings (SSSR count). The van der Waals surface area contributed by atoms with Crippen molar-refractivity contribution in [2.24, 2.45) is 5.92 Å². The summed E-state index contributed by atoms with van der Waals surface area (Å²) in [6.45, 7) is 3.91. The number of carbonyl (C=O) groups excluding carboxylic acids is 1. The number of hydrogen-bond acceptors (Lipinski definition) is 4. The SMILES string of the molecule is CCOC(=O)CC1CC2COCC(C1)N2. The minimum atomic E-state index is -0.0524. The number of morpholine rings is 1. The lowest BCUT2D eigenvalue weighted by atomic mass is 9.85. The van der Waals surface area contributed by atoms with E-state index < -0.39 is 0 Å². The molecule has 0 aromatic rings. The molecule has 2 heterocycles. The molecule has 0 saturated carbocycles. The first kappa shape index (κ1) is 10.9. The van der Waals surface area contributed by atoms with Crippen molar-refractivity contribution in [3.63, 3.8) is 0 Å². The first-order valence-electron chi connectivity index (χ1n) is 5.77. The van der Waals surface area contributed by atoms with Gasteiger partial charge in [-0.1, -0.05) is 0 Å². The highest BCUT2D eigenvalue weighted by molar-refractivity contribution is 5.69. The summed E-state index contributed by atoms with van der Waals surface area (Å²) in [6.07, 6.45) is 2.65. The smallest absolute Gasteiger partial charge is 0.306 e. The normalized spacial score (nSPS) is 34.9. The number of carbonyl (C=O) groups is 1. The number of fused-ring (bicyclic) bond motifs is 2. The van der Waals surface area contributed by atoms with Gasteiger partial charge in [0.15, 0.2) is 0 Å². The van der Waals surface area contributed by atoms with Crippen LogP contribution < -0.4 is 5.32 Å². The van der Waals surface area contributed by atoms with E-state index in [1.807, 2.05) is 6.92 Å². The van der Waals surface area contributed by atoms with Crippen molar-refractivity contribution in [2.45, 2.75) is 38.3 Å². The van der Waals surface area contributed by atoms with Crippen LogP contribution in [0.1, 0.15) is 26.2 Å². The van der Waals surface area contributed by atoms with Gasteiger partial charge in [-0.25, -0.2) is 0 Å². The summed E-state index contributed by atoms with van der Waals surface area (Å²) < 4.78 is 10.4. The van der Waals surface area contributed by atoms with Crippen LogP contribution in [0.3, 0.4) is 0 Å². The topological polar surface area (TPSA) is 47.6 Å². The van der Waals surface area contributed by atoms with Crippen molar-refractivity contribution in [1.29, 1.82) is 0 Å². The Kier molecular flexibility index (Phi) is 3.59. The predicted molar refractivity (Wildman–Crippen MR) is 55.5 cm³/mol. The first-order chi connectivity index (χ1) is 7.28. The van der Waals surface area contributed by atoms with E-state index in [1.165, 1.54) is 0 Å². The zero-order valence-corrected chi connectivity index (χ0v) is 9.20. The fourth-order valence-corrected chi connectivity index (χ4v) is 2.58. The van der Waals surface area contributed by atoms with Crippen LogP contribution in [0.4, 0.5) is 0 Å². The van der Waals surface area contributed by atoms with E-state index in [1.54, 1.807) is 0 Å². The summed E-state index contributed by atoms with van der Waals surface area (Å²) in [6, 6.07) is 0.883. The van der Waals surface area contributed by atoms with Crippen molar-refractivity contribution >= 4 is 5.97 Å². The number of nitrogens with one attached hydrogen (secondary N) is 1. The van der Waals surface area contributed by atoms with Crippen LogP contribution in [-0.4, -0.2) is 37.9 Å². The molecule has 2 saturated heterocycles. The van der Waals surface area contributed by atoms with Gasteiger partial charge in [0.2, 0.25) is 0 Å². The van der Waals surface area contributed by atoms with Crippen LogP contribution in [0, 0.1) is 5.92 Å². The molecule has 0 spiro atoms. The van der Waals surface area contributed by atoms with E-state index in [9.17, 15) is 4.79 Å². The largest absolute Gasteiger partial charge is 0.466 e. The van der Waals surface area contributed by atoms with Crippen LogP contribution in [0.5, 0.6) is 0 Å². The summed E-state index contributed by atoms with van der Waals surface area (Å²) in [4.78, 5) is 11.4. The first-order valence-corrected chi connectivity index (χ1v) is 5.77. The molecule has 15 heavy (non-hydrogen) atoms. The third kappa shape index (κ3) is 2.92. The van der Waals surface area contributed by atoms with E-state index >= 15 is 0 Å².